The van der Waals surface area contributed by atoms with Crippen molar-refractivity contribution in [2.45, 2.75) is 26.4 Å². The third-order valence-corrected chi connectivity index (χ3v) is 2.12. The highest BCUT2D eigenvalue weighted by Crippen LogP contribution is 2.22. The average Bonchev–Trinajstić information content (AvgIpc) is 2.67. The van der Waals surface area contributed by atoms with Gasteiger partial charge < -0.3 is 9.84 Å². The first-order valence-electron chi connectivity index (χ1n) is 5.59. The maximum atomic E-state index is 11.9. The highest BCUT2D eigenvalue weighted by atomic mass is 16.6. The molecule has 0 radical (unpaired) electrons. The van der Waals surface area contributed by atoms with Gasteiger partial charge in [0.2, 0.25) is 0 Å². The van der Waals surface area contributed by atoms with E-state index in [1.807, 2.05) is 6.07 Å². The van der Waals surface area contributed by atoms with Crippen LogP contribution < -0.4 is 0 Å². The minimum absolute atomic E-state index is 0.237. The van der Waals surface area contributed by atoms with E-state index in [4.69, 9.17) is 15.1 Å². The summed E-state index contributed by atoms with van der Waals surface area (Å²) in [5, 5.41) is 17.6. The minimum Gasteiger partial charge on any atom is -0.443 e. The molecule has 0 saturated heterocycles. The fourth-order valence-corrected chi connectivity index (χ4v) is 1.48. The quantitative estimate of drug-likeness (QED) is 0.655. The fourth-order valence-electron chi connectivity index (χ4n) is 1.48. The van der Waals surface area contributed by atoms with Gasteiger partial charge in [0.05, 0.1) is 5.92 Å². The van der Waals surface area contributed by atoms with Crippen molar-refractivity contribution in [2.75, 3.05) is 13.2 Å². The summed E-state index contributed by atoms with van der Waals surface area (Å²) >= 11 is 0. The number of hydrogen-bond donors (Lipinski definition) is 1. The Morgan fingerprint density at radius 3 is 2.83 bits per heavy atom. The molecule has 18 heavy (non-hydrogen) atoms. The van der Waals surface area contributed by atoms with E-state index >= 15 is 0 Å². The van der Waals surface area contributed by atoms with Gasteiger partial charge in [-0.15, -0.1) is 0 Å². The molecular formula is C13H16N2O3. The Hall–Kier alpha value is -1.98. The molecule has 5 heteroatoms. The third-order valence-electron chi connectivity index (χ3n) is 2.12. The summed E-state index contributed by atoms with van der Waals surface area (Å²) in [5.41, 5.74) is -0.367. The maximum absolute atomic E-state index is 11.9. The van der Waals surface area contributed by atoms with E-state index in [-0.39, 0.29) is 24.8 Å². The number of rotatable bonds is 0. The SMILES string of the molecule is CC(C)(C)OC(=O)N1CC(C#CCO)C=C1C#N. The number of aliphatic hydroxyl groups excluding tert-OH is 1. The summed E-state index contributed by atoms with van der Waals surface area (Å²) in [7, 11) is 0. The number of carbonyl (C=O) groups excluding carboxylic acids is 1. The maximum Gasteiger partial charge on any atom is 0.415 e. The van der Waals surface area contributed by atoms with E-state index in [9.17, 15) is 4.79 Å². The second-order valence-corrected chi connectivity index (χ2v) is 4.84. The van der Waals surface area contributed by atoms with Crippen molar-refractivity contribution in [1.82, 2.24) is 4.90 Å². The fraction of sp³-hybridized carbons (Fsp3) is 0.538. The molecule has 1 atom stereocenters. The van der Waals surface area contributed by atoms with E-state index in [0.29, 0.717) is 0 Å². The van der Waals surface area contributed by atoms with Crippen LogP contribution in [0.4, 0.5) is 4.79 Å². The molecule has 1 amide bonds. The lowest BCUT2D eigenvalue weighted by Crippen LogP contribution is -2.35. The van der Waals surface area contributed by atoms with Crippen molar-refractivity contribution in [2.24, 2.45) is 5.92 Å². The van der Waals surface area contributed by atoms with E-state index in [1.165, 1.54) is 4.90 Å². The van der Waals surface area contributed by atoms with Gasteiger partial charge in [-0.3, -0.25) is 4.90 Å². The number of nitriles is 1. The van der Waals surface area contributed by atoms with Gasteiger partial charge >= 0.3 is 6.09 Å². The van der Waals surface area contributed by atoms with Crippen LogP contribution in [0.15, 0.2) is 11.8 Å². The number of carbonyl (C=O) groups is 1. The van der Waals surface area contributed by atoms with Crippen molar-refractivity contribution in [3.8, 4) is 17.9 Å². The van der Waals surface area contributed by atoms with Gasteiger partial charge in [0.1, 0.15) is 24.0 Å². The Morgan fingerprint density at radius 2 is 2.33 bits per heavy atom. The minimum atomic E-state index is -0.605. The van der Waals surface area contributed by atoms with E-state index in [0.717, 1.165) is 0 Å². The Morgan fingerprint density at radius 1 is 1.67 bits per heavy atom. The molecule has 0 aromatic heterocycles. The molecule has 0 aromatic carbocycles. The monoisotopic (exact) mass is 248 g/mol. The lowest BCUT2D eigenvalue weighted by Gasteiger charge is -2.24. The molecule has 0 aromatic rings. The van der Waals surface area contributed by atoms with Crippen molar-refractivity contribution in [3.05, 3.63) is 11.8 Å². The van der Waals surface area contributed by atoms with Crippen molar-refractivity contribution in [3.63, 3.8) is 0 Å². The number of ether oxygens (including phenoxy) is 1. The van der Waals surface area contributed by atoms with Crippen LogP contribution in [0.3, 0.4) is 0 Å². The van der Waals surface area contributed by atoms with Crippen LogP contribution in [0.1, 0.15) is 20.8 Å². The van der Waals surface area contributed by atoms with Gasteiger partial charge in [-0.1, -0.05) is 11.8 Å². The molecule has 96 valence electrons. The molecule has 0 fully saturated rings. The molecule has 1 rings (SSSR count). The molecule has 1 heterocycles. The van der Waals surface area contributed by atoms with Crippen LogP contribution in [0.2, 0.25) is 0 Å². The molecule has 1 aliphatic rings. The number of nitrogens with zero attached hydrogens (tertiary/aromatic N) is 2. The summed E-state index contributed by atoms with van der Waals surface area (Å²) in [4.78, 5) is 13.1. The van der Waals surface area contributed by atoms with Crippen molar-refractivity contribution < 1.29 is 14.6 Å². The zero-order valence-electron chi connectivity index (χ0n) is 10.7. The number of hydrogen-bond acceptors (Lipinski definition) is 4. The summed E-state index contributed by atoms with van der Waals surface area (Å²) in [6.07, 6.45) is 1.05. The Balaban J connectivity index is 2.78. The molecule has 0 aliphatic carbocycles. The van der Waals surface area contributed by atoms with Crippen molar-refractivity contribution in [1.29, 1.82) is 5.26 Å². The Kier molecular flexibility index (Phi) is 4.36. The van der Waals surface area contributed by atoms with Crippen LogP contribution in [-0.4, -0.2) is 34.9 Å². The van der Waals surface area contributed by atoms with E-state index < -0.39 is 11.7 Å². The van der Waals surface area contributed by atoms with E-state index in [1.54, 1.807) is 26.8 Å². The van der Waals surface area contributed by atoms with Crippen LogP contribution in [-0.2, 0) is 4.74 Å². The number of aliphatic hydroxyl groups is 1. The first kappa shape index (κ1) is 14.1. The molecule has 1 N–H and O–H groups in total. The second kappa shape index (κ2) is 5.57. The average molecular weight is 248 g/mol. The topological polar surface area (TPSA) is 73.6 Å². The van der Waals surface area contributed by atoms with Gasteiger partial charge in [0.25, 0.3) is 0 Å². The standard InChI is InChI=1S/C13H16N2O3/c1-13(2,3)18-12(17)15-9-10(5-4-6-16)7-11(15)8-14/h7,10,16H,6,9H2,1-3H3. The number of amides is 1. The largest absolute Gasteiger partial charge is 0.443 e. The van der Waals surface area contributed by atoms with Gasteiger partial charge in [-0.05, 0) is 26.8 Å². The Labute approximate surface area is 107 Å². The predicted octanol–water partition coefficient (Wildman–Crippen LogP) is 1.26. The second-order valence-electron chi connectivity index (χ2n) is 4.84. The van der Waals surface area contributed by atoms with Gasteiger partial charge in [0, 0.05) is 6.54 Å². The lowest BCUT2D eigenvalue weighted by atomic mass is 10.2. The van der Waals surface area contributed by atoms with Crippen molar-refractivity contribution >= 4 is 6.09 Å². The van der Waals surface area contributed by atoms with Gasteiger partial charge in [-0.25, -0.2) is 4.79 Å². The molecular weight excluding hydrogens is 232 g/mol. The molecule has 5 nitrogen and oxygen atoms in total. The zero-order valence-corrected chi connectivity index (χ0v) is 10.7. The highest BCUT2D eigenvalue weighted by molar-refractivity contribution is 5.72. The van der Waals surface area contributed by atoms with Crippen LogP contribution in [0.5, 0.6) is 0 Å². The lowest BCUT2D eigenvalue weighted by molar-refractivity contribution is 0.0331. The number of allylic oxidation sites excluding steroid dienone is 1. The summed E-state index contributed by atoms with van der Waals surface area (Å²) in [6, 6.07) is 1.94. The van der Waals surface area contributed by atoms with Crippen LogP contribution in [0.25, 0.3) is 0 Å². The smallest absolute Gasteiger partial charge is 0.415 e. The van der Waals surface area contributed by atoms with Crippen LogP contribution >= 0.6 is 0 Å². The van der Waals surface area contributed by atoms with E-state index in [2.05, 4.69) is 11.8 Å². The molecule has 0 saturated carbocycles. The zero-order chi connectivity index (χ0) is 13.8. The molecule has 0 spiro atoms. The summed E-state index contributed by atoms with van der Waals surface area (Å²) in [6.45, 7) is 5.34. The molecule has 1 aliphatic heterocycles. The predicted molar refractivity (Wildman–Crippen MR) is 65.0 cm³/mol. The summed E-state index contributed by atoms with van der Waals surface area (Å²) in [5.74, 6) is 5.04. The van der Waals surface area contributed by atoms with Gasteiger partial charge in [0.15, 0.2) is 0 Å². The first-order valence-corrected chi connectivity index (χ1v) is 5.59. The normalized spacial score (nSPS) is 18.5. The highest BCUT2D eigenvalue weighted by Gasteiger charge is 2.31. The Bertz CT molecular complexity index is 457. The van der Waals surface area contributed by atoms with Crippen LogP contribution in [0, 0.1) is 29.1 Å². The summed E-state index contributed by atoms with van der Waals surface area (Å²) < 4.78 is 5.20. The first-order chi connectivity index (χ1) is 8.37. The molecule has 1 unspecified atom stereocenters. The molecule has 0 bridgehead atoms. The third kappa shape index (κ3) is 3.80. The van der Waals surface area contributed by atoms with Gasteiger partial charge in [-0.2, -0.15) is 5.26 Å².